The number of rotatable bonds is 10. The minimum atomic E-state index is -3.43. The average Bonchev–Trinajstić information content (AvgIpc) is 2.75. The highest BCUT2D eigenvalue weighted by Gasteiger charge is 2.43. The number of aliphatic hydroxyl groups is 1. The van der Waals surface area contributed by atoms with E-state index in [1.54, 1.807) is 18.2 Å². The maximum atomic E-state index is 13.2. The van der Waals surface area contributed by atoms with Gasteiger partial charge in [0.25, 0.3) is 0 Å². The number of sulfonamides is 1. The van der Waals surface area contributed by atoms with Gasteiger partial charge in [0.15, 0.2) is 0 Å². The van der Waals surface area contributed by atoms with Gasteiger partial charge in [0.2, 0.25) is 10.0 Å². The van der Waals surface area contributed by atoms with Crippen LogP contribution in [0.2, 0.25) is 0 Å². The van der Waals surface area contributed by atoms with E-state index in [-0.39, 0.29) is 17.8 Å². The van der Waals surface area contributed by atoms with Gasteiger partial charge in [0.05, 0.1) is 11.8 Å². The number of anilines is 1. The molecule has 1 aliphatic heterocycles. The topological polar surface area (TPSA) is 92.7 Å². The van der Waals surface area contributed by atoms with Gasteiger partial charge >= 0.3 is 5.97 Å². The second kappa shape index (κ2) is 10.4. The van der Waals surface area contributed by atoms with E-state index in [0.29, 0.717) is 24.9 Å². The number of aliphatic hydroxyl groups excluding tert-OH is 1. The lowest BCUT2D eigenvalue weighted by atomic mass is 9.80. The number of ether oxygens (including phenoxy) is 1. The number of esters is 1. The second-order valence-corrected chi connectivity index (χ2v) is 10.6. The zero-order valence-electron chi connectivity index (χ0n) is 19.5. The maximum absolute atomic E-state index is 13.2. The lowest BCUT2D eigenvalue weighted by molar-refractivity contribution is -0.161. The minimum Gasteiger partial charge on any atom is -0.512 e. The monoisotopic (exact) mass is 471 g/mol. The Kier molecular flexibility index (Phi) is 7.84. The summed E-state index contributed by atoms with van der Waals surface area (Å²) >= 11 is 0. The van der Waals surface area contributed by atoms with E-state index >= 15 is 0 Å². The summed E-state index contributed by atoms with van der Waals surface area (Å²) in [4.78, 5) is 13.2. The van der Waals surface area contributed by atoms with Crippen LogP contribution in [0.5, 0.6) is 0 Å². The van der Waals surface area contributed by atoms with Crippen molar-refractivity contribution in [2.75, 3.05) is 11.0 Å². The molecule has 1 heterocycles. The van der Waals surface area contributed by atoms with Gasteiger partial charge in [-0.2, -0.15) is 0 Å². The number of carbonyl (C=O) groups excluding carboxylic acids is 1. The predicted molar refractivity (Wildman–Crippen MR) is 131 cm³/mol. The molecular formula is C26H33NO5S. The Morgan fingerprint density at radius 3 is 2.42 bits per heavy atom. The van der Waals surface area contributed by atoms with E-state index in [1.807, 2.05) is 38.1 Å². The van der Waals surface area contributed by atoms with Crippen molar-refractivity contribution in [2.45, 2.75) is 63.9 Å². The van der Waals surface area contributed by atoms with E-state index < -0.39 is 27.5 Å². The van der Waals surface area contributed by atoms with Crippen LogP contribution in [0.3, 0.4) is 0 Å². The van der Waals surface area contributed by atoms with Crippen LogP contribution < -0.4 is 4.72 Å². The Hall–Kier alpha value is -2.80. The van der Waals surface area contributed by atoms with E-state index in [4.69, 9.17) is 4.74 Å². The van der Waals surface area contributed by atoms with Crippen LogP contribution >= 0.6 is 0 Å². The molecule has 178 valence electrons. The van der Waals surface area contributed by atoms with Gasteiger partial charge in [-0.1, -0.05) is 62.7 Å². The fraction of sp³-hybridized carbons (Fsp3) is 0.423. The van der Waals surface area contributed by atoms with Crippen LogP contribution in [0.15, 0.2) is 65.9 Å². The van der Waals surface area contributed by atoms with Crippen molar-refractivity contribution in [1.29, 1.82) is 0 Å². The maximum Gasteiger partial charge on any atom is 0.338 e. The van der Waals surface area contributed by atoms with Gasteiger partial charge in [-0.3, -0.25) is 4.72 Å². The van der Waals surface area contributed by atoms with E-state index in [2.05, 4.69) is 16.9 Å². The molecule has 0 radical (unpaired) electrons. The Labute approximate surface area is 196 Å². The first kappa shape index (κ1) is 24.8. The lowest BCUT2D eigenvalue weighted by Crippen LogP contribution is -2.41. The first-order chi connectivity index (χ1) is 15.7. The molecule has 0 amide bonds. The van der Waals surface area contributed by atoms with Crippen molar-refractivity contribution in [1.82, 2.24) is 0 Å². The molecule has 0 unspecified atom stereocenters. The Balaban J connectivity index is 1.89. The predicted octanol–water partition coefficient (Wildman–Crippen LogP) is 5.48. The van der Waals surface area contributed by atoms with Crippen molar-refractivity contribution < 1.29 is 23.1 Å². The van der Waals surface area contributed by atoms with E-state index in [1.165, 1.54) is 5.56 Å². The summed E-state index contributed by atoms with van der Waals surface area (Å²) in [5, 5.41) is 11.1. The first-order valence-electron chi connectivity index (χ1n) is 11.4. The van der Waals surface area contributed by atoms with E-state index in [9.17, 15) is 18.3 Å². The molecule has 0 aliphatic carbocycles. The molecule has 0 saturated heterocycles. The van der Waals surface area contributed by atoms with E-state index in [0.717, 1.165) is 24.7 Å². The molecular weight excluding hydrogens is 438 g/mol. The number of carbonyl (C=O) groups is 1. The average molecular weight is 472 g/mol. The summed E-state index contributed by atoms with van der Waals surface area (Å²) in [7, 11) is -3.43. The molecule has 0 fully saturated rings. The highest BCUT2D eigenvalue weighted by atomic mass is 32.2. The second-order valence-electron chi connectivity index (χ2n) is 8.81. The molecule has 33 heavy (non-hydrogen) atoms. The number of hydrogen-bond donors (Lipinski definition) is 2. The Morgan fingerprint density at radius 1 is 1.09 bits per heavy atom. The van der Waals surface area contributed by atoms with Gasteiger partial charge in [-0.05, 0) is 48.9 Å². The molecule has 0 aromatic heterocycles. The fourth-order valence-electron chi connectivity index (χ4n) is 4.67. The minimum absolute atomic E-state index is 0.0705. The molecule has 0 saturated carbocycles. The zero-order chi connectivity index (χ0) is 24.1. The summed E-state index contributed by atoms with van der Waals surface area (Å²) in [6.07, 6.45) is 4.83. The molecule has 0 bridgehead atoms. The normalized spacial score (nSPS) is 19.8. The van der Waals surface area contributed by atoms with Gasteiger partial charge in [0, 0.05) is 18.0 Å². The molecule has 1 aliphatic rings. The number of aryl methyl sites for hydroxylation is 1. The number of cyclic esters (lactones) is 1. The standard InChI is InChI=1S/C26H33NO5S/c1-4-15-26(16-14-19-10-7-6-8-11-19)18-23(28)24(25(29)32-26)22(5-2)20-12-9-13-21(17-20)27-33(3,30)31/h6-13,17,22,27-28H,4-5,14-16,18H2,1-3H3/t22-,26+/m0/s1. The van der Waals surface area contributed by atoms with Crippen LogP contribution in [0.4, 0.5) is 5.69 Å². The fourth-order valence-corrected chi connectivity index (χ4v) is 5.22. The third kappa shape index (κ3) is 6.38. The summed E-state index contributed by atoms with van der Waals surface area (Å²) in [6.45, 7) is 3.97. The number of nitrogens with one attached hydrogen (secondary N) is 1. The number of hydrogen-bond acceptors (Lipinski definition) is 5. The molecule has 2 aromatic carbocycles. The quantitative estimate of drug-likeness (QED) is 0.448. The highest BCUT2D eigenvalue weighted by Crippen LogP contribution is 2.42. The van der Waals surface area contributed by atoms with Gasteiger partial charge < -0.3 is 9.84 Å². The third-order valence-electron chi connectivity index (χ3n) is 6.10. The summed E-state index contributed by atoms with van der Waals surface area (Å²) in [5.41, 5.74) is 1.87. The molecule has 2 atom stereocenters. The molecule has 0 spiro atoms. The van der Waals surface area contributed by atoms with Crippen LogP contribution in [0.1, 0.15) is 63.0 Å². The van der Waals surface area contributed by atoms with Crippen molar-refractivity contribution in [3.8, 4) is 0 Å². The van der Waals surface area contributed by atoms with Crippen LogP contribution in [0.25, 0.3) is 0 Å². The van der Waals surface area contributed by atoms with Crippen LogP contribution in [-0.2, 0) is 26.0 Å². The summed E-state index contributed by atoms with van der Waals surface area (Å²) in [6, 6.07) is 17.0. The lowest BCUT2D eigenvalue weighted by Gasteiger charge is -2.38. The highest BCUT2D eigenvalue weighted by molar-refractivity contribution is 7.92. The third-order valence-corrected chi connectivity index (χ3v) is 6.70. The molecule has 2 N–H and O–H groups in total. The smallest absolute Gasteiger partial charge is 0.338 e. The first-order valence-corrected chi connectivity index (χ1v) is 13.3. The molecule has 3 rings (SSSR count). The zero-order valence-corrected chi connectivity index (χ0v) is 20.3. The van der Waals surface area contributed by atoms with Crippen molar-refractivity contribution in [3.05, 3.63) is 77.1 Å². The molecule has 6 nitrogen and oxygen atoms in total. The SMILES string of the molecule is CCC[C@@]1(CCc2ccccc2)CC(O)=C([C@@H](CC)c2cccc(NS(C)(=O)=O)c2)C(=O)O1. The number of benzene rings is 2. The molecule has 7 heteroatoms. The Bertz CT molecular complexity index is 1110. The van der Waals surface area contributed by atoms with Gasteiger partial charge in [-0.25, -0.2) is 13.2 Å². The summed E-state index contributed by atoms with van der Waals surface area (Å²) in [5.74, 6) is -0.817. The molecule has 2 aromatic rings. The Morgan fingerprint density at radius 2 is 1.82 bits per heavy atom. The van der Waals surface area contributed by atoms with Gasteiger partial charge in [0.1, 0.15) is 11.4 Å². The van der Waals surface area contributed by atoms with Crippen LogP contribution in [0, 0.1) is 0 Å². The van der Waals surface area contributed by atoms with Crippen molar-refractivity contribution >= 4 is 21.7 Å². The van der Waals surface area contributed by atoms with Crippen LogP contribution in [-0.4, -0.2) is 31.4 Å². The van der Waals surface area contributed by atoms with Crippen molar-refractivity contribution in [3.63, 3.8) is 0 Å². The largest absolute Gasteiger partial charge is 0.512 e. The van der Waals surface area contributed by atoms with Crippen molar-refractivity contribution in [2.24, 2.45) is 0 Å². The summed E-state index contributed by atoms with van der Waals surface area (Å²) < 4.78 is 31.8. The van der Waals surface area contributed by atoms with Gasteiger partial charge in [-0.15, -0.1) is 0 Å².